The maximum Gasteiger partial charge on any atom is 0.408 e. The molecular formula is C50H53Cl3N2O10. The highest BCUT2D eigenvalue weighted by Gasteiger charge is 2.49. The van der Waals surface area contributed by atoms with E-state index >= 15 is 0 Å². The SMILES string of the molecule is C[C@H](CC1O[C@H](COCc2ccccc2)[C@H](OCc2ccccc2)[C@H](OCc2ccccc2)C1NC(=O)OCC(Cl)(Cl)Cl)[C@H](NC(=O)OCc1ccccc1)C(=O)OCc1ccccc1. The molecule has 0 saturated carbocycles. The van der Waals surface area contributed by atoms with Crippen molar-refractivity contribution in [1.29, 1.82) is 0 Å². The number of carbonyl (C=O) groups is 3. The van der Waals surface area contributed by atoms with Crippen LogP contribution >= 0.6 is 34.8 Å². The number of rotatable bonds is 21. The van der Waals surface area contributed by atoms with Crippen molar-refractivity contribution >= 4 is 53.0 Å². The fourth-order valence-electron chi connectivity index (χ4n) is 7.30. The third kappa shape index (κ3) is 16.6. The molecule has 5 aromatic carbocycles. The average molecular weight is 948 g/mol. The van der Waals surface area contributed by atoms with E-state index in [0.29, 0.717) is 0 Å². The second-order valence-corrected chi connectivity index (χ2v) is 18.1. The smallest absolute Gasteiger partial charge is 0.408 e. The first kappa shape index (κ1) is 49.3. The molecule has 0 bridgehead atoms. The number of esters is 1. The Hall–Kier alpha value is -5.18. The van der Waals surface area contributed by atoms with Gasteiger partial charge in [0, 0.05) is 0 Å². The lowest BCUT2D eigenvalue weighted by atomic mass is 9.85. The molecule has 5 aromatic rings. The number of alkyl halides is 3. The zero-order valence-electron chi connectivity index (χ0n) is 35.8. The Morgan fingerprint density at radius 3 is 1.51 bits per heavy atom. The van der Waals surface area contributed by atoms with Gasteiger partial charge in [0.05, 0.1) is 38.6 Å². The molecular weight excluding hydrogens is 895 g/mol. The molecule has 0 aliphatic carbocycles. The van der Waals surface area contributed by atoms with Crippen LogP contribution in [0.15, 0.2) is 152 Å². The minimum atomic E-state index is -1.89. The summed E-state index contributed by atoms with van der Waals surface area (Å²) < 4.78 is 41.6. The van der Waals surface area contributed by atoms with E-state index in [4.69, 9.17) is 68.0 Å². The molecule has 344 valence electrons. The van der Waals surface area contributed by atoms with Gasteiger partial charge >= 0.3 is 18.2 Å². The molecule has 2 amide bonds. The van der Waals surface area contributed by atoms with Gasteiger partial charge in [-0.05, 0) is 40.2 Å². The second kappa shape index (κ2) is 25.5. The largest absolute Gasteiger partial charge is 0.459 e. The summed E-state index contributed by atoms with van der Waals surface area (Å²) in [6.45, 7) is 1.77. The fourth-order valence-corrected chi connectivity index (χ4v) is 7.46. The zero-order chi connectivity index (χ0) is 45.9. The quantitative estimate of drug-likeness (QED) is 0.0415. The fraction of sp³-hybridized carbons (Fsp3) is 0.340. The van der Waals surface area contributed by atoms with Gasteiger partial charge in [-0.3, -0.25) is 0 Å². The number of nitrogens with one attached hydrogen (secondary N) is 2. The topological polar surface area (TPSA) is 140 Å². The molecule has 12 nitrogen and oxygen atoms in total. The van der Waals surface area contributed by atoms with E-state index in [1.165, 1.54) is 0 Å². The number of carbonyl (C=O) groups excluding carboxylic acids is 3. The Bertz CT molecular complexity index is 2170. The minimum Gasteiger partial charge on any atom is -0.459 e. The zero-order valence-corrected chi connectivity index (χ0v) is 38.1. The van der Waals surface area contributed by atoms with E-state index < -0.39 is 71.0 Å². The van der Waals surface area contributed by atoms with Gasteiger partial charge in [-0.25, -0.2) is 14.4 Å². The molecule has 6 rings (SSSR count). The second-order valence-electron chi connectivity index (χ2n) is 15.6. The molecule has 1 fully saturated rings. The van der Waals surface area contributed by atoms with Crippen molar-refractivity contribution in [3.63, 3.8) is 0 Å². The third-order valence-corrected chi connectivity index (χ3v) is 10.9. The molecule has 0 spiro atoms. The molecule has 2 N–H and O–H groups in total. The first-order valence-electron chi connectivity index (χ1n) is 21.3. The van der Waals surface area contributed by atoms with Gasteiger partial charge in [0.25, 0.3) is 0 Å². The van der Waals surface area contributed by atoms with E-state index in [0.717, 1.165) is 27.8 Å². The van der Waals surface area contributed by atoms with Crippen molar-refractivity contribution in [1.82, 2.24) is 10.6 Å². The molecule has 65 heavy (non-hydrogen) atoms. The maximum atomic E-state index is 14.1. The molecule has 7 atom stereocenters. The Morgan fingerprint density at radius 1 is 0.569 bits per heavy atom. The Balaban J connectivity index is 1.33. The van der Waals surface area contributed by atoms with Gasteiger partial charge in [-0.15, -0.1) is 0 Å². The summed E-state index contributed by atoms with van der Waals surface area (Å²) in [5, 5.41) is 5.67. The highest BCUT2D eigenvalue weighted by atomic mass is 35.6. The van der Waals surface area contributed by atoms with Crippen LogP contribution in [0.1, 0.15) is 41.2 Å². The summed E-state index contributed by atoms with van der Waals surface area (Å²) in [5.74, 6) is -1.40. The van der Waals surface area contributed by atoms with Crippen LogP contribution in [0.4, 0.5) is 9.59 Å². The number of halogens is 3. The number of amides is 2. The summed E-state index contributed by atoms with van der Waals surface area (Å²) >= 11 is 17.9. The lowest BCUT2D eigenvalue weighted by Gasteiger charge is -2.47. The minimum absolute atomic E-state index is 0.0314. The van der Waals surface area contributed by atoms with Gasteiger partial charge in [-0.2, -0.15) is 0 Å². The highest BCUT2D eigenvalue weighted by molar-refractivity contribution is 6.67. The molecule has 0 aromatic heterocycles. The van der Waals surface area contributed by atoms with E-state index in [1.54, 1.807) is 6.92 Å². The molecule has 15 heteroatoms. The van der Waals surface area contributed by atoms with Crippen molar-refractivity contribution < 1.29 is 47.5 Å². The molecule has 1 saturated heterocycles. The van der Waals surface area contributed by atoms with Crippen LogP contribution in [0.2, 0.25) is 0 Å². The summed E-state index contributed by atoms with van der Waals surface area (Å²) in [7, 11) is 0. The molecule has 2 unspecified atom stereocenters. The first-order valence-corrected chi connectivity index (χ1v) is 22.4. The van der Waals surface area contributed by atoms with Crippen LogP contribution in [0, 0.1) is 5.92 Å². The average Bonchev–Trinajstić information content (AvgIpc) is 3.32. The predicted octanol–water partition coefficient (Wildman–Crippen LogP) is 9.67. The van der Waals surface area contributed by atoms with Gasteiger partial charge in [0.2, 0.25) is 3.79 Å². The van der Waals surface area contributed by atoms with Crippen LogP contribution in [0.5, 0.6) is 0 Å². The third-order valence-electron chi connectivity index (χ3n) is 10.5. The monoisotopic (exact) mass is 946 g/mol. The van der Waals surface area contributed by atoms with Crippen molar-refractivity contribution in [3.05, 3.63) is 179 Å². The van der Waals surface area contributed by atoms with Crippen LogP contribution < -0.4 is 10.6 Å². The van der Waals surface area contributed by atoms with Crippen LogP contribution in [0.3, 0.4) is 0 Å². The van der Waals surface area contributed by atoms with Crippen molar-refractivity contribution in [2.45, 2.75) is 86.7 Å². The standard InChI is InChI=1S/C50H53Cl3N2O10/c1-35(43(47(56)62-31-39-23-13-5-14-24-39)54-48(57)63-32-40-25-15-6-16-26-40)27-41-44(55-49(58)64-34-50(51,52)53)46(61-30-38-21-11-4-12-22-38)45(60-29-37-19-9-3-10-20-37)42(65-41)33-59-28-36-17-7-2-8-18-36/h2-26,35,41-46H,27-34H2,1H3,(H,54,57)(H,55,58)/t35-,41?,42-,43+,44?,45+,46-/m1/s1. The highest BCUT2D eigenvalue weighted by Crippen LogP contribution is 2.33. The van der Waals surface area contributed by atoms with Crippen LogP contribution in [-0.4, -0.2) is 71.7 Å². The van der Waals surface area contributed by atoms with Gasteiger partial charge in [0.1, 0.15) is 44.2 Å². The predicted molar refractivity (Wildman–Crippen MR) is 247 cm³/mol. The van der Waals surface area contributed by atoms with Crippen LogP contribution in [-0.2, 0) is 71.0 Å². The molecule has 1 heterocycles. The number of benzene rings is 5. The first-order chi connectivity index (χ1) is 31.5. The lowest BCUT2D eigenvalue weighted by molar-refractivity contribution is -0.234. The van der Waals surface area contributed by atoms with Gasteiger partial charge in [0.15, 0.2) is 0 Å². The van der Waals surface area contributed by atoms with E-state index in [2.05, 4.69) is 10.6 Å². The summed E-state index contributed by atoms with van der Waals surface area (Å²) in [6, 6.07) is 45.0. The number of alkyl carbamates (subject to hydrolysis) is 2. The van der Waals surface area contributed by atoms with Gasteiger partial charge < -0.3 is 43.8 Å². The Morgan fingerprint density at radius 2 is 1.02 bits per heavy atom. The summed E-state index contributed by atoms with van der Waals surface area (Å²) in [4.78, 5) is 41.2. The van der Waals surface area contributed by atoms with Crippen LogP contribution in [0.25, 0.3) is 0 Å². The Kier molecular flexibility index (Phi) is 19.3. The van der Waals surface area contributed by atoms with E-state index in [1.807, 2.05) is 152 Å². The molecule has 1 aliphatic rings. The summed E-state index contributed by atoms with van der Waals surface area (Å²) in [6.07, 6.45) is -5.13. The normalized spacial score (nSPS) is 19.3. The number of hydrogen-bond acceptors (Lipinski definition) is 10. The Labute approximate surface area is 394 Å². The molecule has 1 aliphatic heterocycles. The number of ether oxygens (including phenoxy) is 7. The van der Waals surface area contributed by atoms with Gasteiger partial charge in [-0.1, -0.05) is 193 Å². The maximum absolute atomic E-state index is 14.1. The number of hydrogen-bond donors (Lipinski definition) is 2. The van der Waals surface area contributed by atoms with Crippen molar-refractivity contribution in [3.8, 4) is 0 Å². The van der Waals surface area contributed by atoms with E-state index in [9.17, 15) is 14.4 Å². The lowest BCUT2D eigenvalue weighted by Crippen LogP contribution is -2.66. The van der Waals surface area contributed by atoms with E-state index in [-0.39, 0.29) is 46.1 Å². The van der Waals surface area contributed by atoms with Crippen molar-refractivity contribution in [2.24, 2.45) is 5.92 Å². The summed E-state index contributed by atoms with van der Waals surface area (Å²) in [5.41, 5.74) is 4.22. The van der Waals surface area contributed by atoms with Crippen molar-refractivity contribution in [2.75, 3.05) is 13.2 Å². The molecule has 0 radical (unpaired) electrons.